The highest BCUT2D eigenvalue weighted by Crippen LogP contribution is 2.14. The van der Waals surface area contributed by atoms with E-state index in [0.717, 1.165) is 13.0 Å². The maximum absolute atomic E-state index is 10.4. The van der Waals surface area contributed by atoms with Crippen molar-refractivity contribution < 1.29 is 9.90 Å². The summed E-state index contributed by atoms with van der Waals surface area (Å²) in [7, 11) is 0. The van der Waals surface area contributed by atoms with Crippen LogP contribution >= 0.6 is 12.4 Å². The number of hydrogen-bond donors (Lipinski definition) is 2. The van der Waals surface area contributed by atoms with Crippen LogP contribution in [0.3, 0.4) is 0 Å². The van der Waals surface area contributed by atoms with E-state index in [-0.39, 0.29) is 24.4 Å². The Kier molecular flexibility index (Phi) is 3.68. The van der Waals surface area contributed by atoms with Gasteiger partial charge in [-0.05, 0) is 19.9 Å². The molecule has 0 aromatic carbocycles. The molecule has 1 heterocycles. The highest BCUT2D eigenvalue weighted by atomic mass is 35.5. The Labute approximate surface area is 66.2 Å². The summed E-state index contributed by atoms with van der Waals surface area (Å²) in [6.07, 6.45) is 0.774. The molecule has 2 N–H and O–H groups in total. The van der Waals surface area contributed by atoms with E-state index < -0.39 is 5.97 Å². The average molecular weight is 166 g/mol. The van der Waals surface area contributed by atoms with Crippen LogP contribution in [0.4, 0.5) is 0 Å². The molecule has 0 aliphatic carbocycles. The number of carbonyl (C=O) groups is 1. The van der Waals surface area contributed by atoms with E-state index in [0.29, 0.717) is 0 Å². The van der Waals surface area contributed by atoms with Crippen molar-refractivity contribution in [2.24, 2.45) is 5.92 Å². The zero-order chi connectivity index (χ0) is 6.85. The molecule has 4 heteroatoms. The molecule has 10 heavy (non-hydrogen) atoms. The van der Waals surface area contributed by atoms with Gasteiger partial charge in [0.05, 0.1) is 5.92 Å². The van der Waals surface area contributed by atoms with E-state index in [1.165, 1.54) is 0 Å². The van der Waals surface area contributed by atoms with E-state index in [1.54, 1.807) is 0 Å². The predicted molar refractivity (Wildman–Crippen MR) is 40.5 cm³/mol. The van der Waals surface area contributed by atoms with Gasteiger partial charge in [-0.3, -0.25) is 4.79 Å². The Hall–Kier alpha value is -0.280. The van der Waals surface area contributed by atoms with E-state index in [4.69, 9.17) is 5.11 Å². The van der Waals surface area contributed by atoms with Crippen LogP contribution in [-0.4, -0.2) is 23.7 Å². The van der Waals surface area contributed by atoms with Crippen LogP contribution < -0.4 is 5.32 Å². The molecule has 0 bridgehead atoms. The highest BCUT2D eigenvalue weighted by molar-refractivity contribution is 5.85. The van der Waals surface area contributed by atoms with E-state index in [9.17, 15) is 4.79 Å². The lowest BCUT2D eigenvalue weighted by Crippen LogP contribution is -2.27. The summed E-state index contributed by atoms with van der Waals surface area (Å²) in [6, 6.07) is 0.155. The van der Waals surface area contributed by atoms with Crippen LogP contribution in [0.2, 0.25) is 0 Å². The van der Waals surface area contributed by atoms with Crippen molar-refractivity contribution in [2.75, 3.05) is 6.54 Å². The molecule has 3 nitrogen and oxygen atoms in total. The first-order valence-corrected chi connectivity index (χ1v) is 3.18. The van der Waals surface area contributed by atoms with Crippen molar-refractivity contribution in [1.29, 1.82) is 0 Å². The quantitative estimate of drug-likeness (QED) is 0.595. The predicted octanol–water partition coefficient (Wildman–Crippen LogP) is 0.491. The van der Waals surface area contributed by atoms with Crippen molar-refractivity contribution in [3.8, 4) is 0 Å². The molecule has 0 spiro atoms. The Morgan fingerprint density at radius 3 is 2.50 bits per heavy atom. The standard InChI is InChI=1S/C6H11NO2.ClH/c1-4-5(6(8)9)2-3-7-4;/h4-5,7H,2-3H2,1H3,(H,8,9);1H/t4-,5-;/m0./s1. The Balaban J connectivity index is 0.000000810. The first-order chi connectivity index (χ1) is 4.22. The molecule has 0 saturated carbocycles. The molecule has 0 aromatic heterocycles. The Morgan fingerprint density at radius 1 is 1.70 bits per heavy atom. The lowest BCUT2D eigenvalue weighted by atomic mass is 10.0. The smallest absolute Gasteiger partial charge is 0.308 e. The Morgan fingerprint density at radius 2 is 2.30 bits per heavy atom. The number of aliphatic carboxylic acids is 1. The highest BCUT2D eigenvalue weighted by Gasteiger charge is 2.28. The van der Waals surface area contributed by atoms with Gasteiger partial charge >= 0.3 is 5.97 Å². The topological polar surface area (TPSA) is 49.3 Å². The fraction of sp³-hybridized carbons (Fsp3) is 0.833. The molecule has 0 unspecified atom stereocenters. The summed E-state index contributed by atoms with van der Waals surface area (Å²) in [5, 5.41) is 11.6. The van der Waals surface area contributed by atoms with E-state index >= 15 is 0 Å². The maximum Gasteiger partial charge on any atom is 0.308 e. The van der Waals surface area contributed by atoms with Crippen LogP contribution in [-0.2, 0) is 4.79 Å². The van der Waals surface area contributed by atoms with Crippen LogP contribution in [0.25, 0.3) is 0 Å². The summed E-state index contributed by atoms with van der Waals surface area (Å²) in [5.41, 5.74) is 0. The van der Waals surface area contributed by atoms with Crippen LogP contribution in [0.15, 0.2) is 0 Å². The first kappa shape index (κ1) is 9.72. The summed E-state index contributed by atoms with van der Waals surface area (Å²) in [5.74, 6) is -0.836. The van der Waals surface area contributed by atoms with Crippen molar-refractivity contribution in [2.45, 2.75) is 19.4 Å². The number of rotatable bonds is 1. The minimum atomic E-state index is -0.674. The van der Waals surface area contributed by atoms with Crippen molar-refractivity contribution >= 4 is 18.4 Å². The van der Waals surface area contributed by atoms with Gasteiger partial charge in [-0.25, -0.2) is 0 Å². The number of carboxylic acids is 1. The fourth-order valence-corrected chi connectivity index (χ4v) is 1.20. The molecular weight excluding hydrogens is 154 g/mol. The normalized spacial score (nSPS) is 31.3. The van der Waals surface area contributed by atoms with E-state index in [1.807, 2.05) is 6.92 Å². The number of halogens is 1. The molecule has 0 radical (unpaired) electrons. The second-order valence-corrected chi connectivity index (χ2v) is 2.48. The molecule has 0 aromatic rings. The van der Waals surface area contributed by atoms with Gasteiger partial charge in [0.25, 0.3) is 0 Å². The van der Waals surface area contributed by atoms with Gasteiger partial charge in [0, 0.05) is 6.04 Å². The largest absolute Gasteiger partial charge is 0.481 e. The van der Waals surface area contributed by atoms with Gasteiger partial charge in [-0.15, -0.1) is 12.4 Å². The first-order valence-electron chi connectivity index (χ1n) is 3.18. The number of hydrogen-bond acceptors (Lipinski definition) is 2. The van der Waals surface area contributed by atoms with Crippen LogP contribution in [0.1, 0.15) is 13.3 Å². The SMILES string of the molecule is C[C@@H]1NCC[C@@H]1C(=O)O.Cl. The second kappa shape index (κ2) is 3.78. The van der Waals surface area contributed by atoms with Gasteiger partial charge in [0.15, 0.2) is 0 Å². The summed E-state index contributed by atoms with van der Waals surface area (Å²) < 4.78 is 0. The molecule has 1 saturated heterocycles. The van der Waals surface area contributed by atoms with Gasteiger partial charge in [-0.1, -0.05) is 0 Å². The van der Waals surface area contributed by atoms with E-state index in [2.05, 4.69) is 5.32 Å². The molecule has 1 fully saturated rings. The summed E-state index contributed by atoms with van der Waals surface area (Å²) >= 11 is 0. The van der Waals surface area contributed by atoms with Gasteiger partial charge in [-0.2, -0.15) is 0 Å². The number of nitrogens with one attached hydrogen (secondary N) is 1. The molecule has 1 aliphatic heterocycles. The molecular formula is C6H12ClNO2. The molecule has 1 rings (SSSR count). The summed E-state index contributed by atoms with van der Waals surface area (Å²) in [4.78, 5) is 10.4. The number of carboxylic acid groups (broad SMARTS) is 1. The third-order valence-electron chi connectivity index (χ3n) is 1.84. The lowest BCUT2D eigenvalue weighted by Gasteiger charge is -2.07. The van der Waals surface area contributed by atoms with Gasteiger partial charge < -0.3 is 10.4 Å². The van der Waals surface area contributed by atoms with Gasteiger partial charge in [0.1, 0.15) is 0 Å². The van der Waals surface area contributed by atoms with Crippen molar-refractivity contribution in [3.05, 3.63) is 0 Å². The average Bonchev–Trinajstić information content (AvgIpc) is 2.13. The van der Waals surface area contributed by atoms with Crippen molar-refractivity contribution in [1.82, 2.24) is 5.32 Å². The lowest BCUT2D eigenvalue weighted by molar-refractivity contribution is -0.141. The molecule has 60 valence electrons. The third kappa shape index (κ3) is 1.85. The van der Waals surface area contributed by atoms with Crippen LogP contribution in [0.5, 0.6) is 0 Å². The molecule has 2 atom stereocenters. The van der Waals surface area contributed by atoms with Crippen LogP contribution in [0, 0.1) is 5.92 Å². The molecule has 1 aliphatic rings. The second-order valence-electron chi connectivity index (χ2n) is 2.48. The minimum Gasteiger partial charge on any atom is -0.481 e. The van der Waals surface area contributed by atoms with Gasteiger partial charge in [0.2, 0.25) is 0 Å². The Bertz CT molecular complexity index is 129. The third-order valence-corrected chi connectivity index (χ3v) is 1.84. The minimum absolute atomic E-state index is 0. The zero-order valence-electron chi connectivity index (χ0n) is 5.83. The zero-order valence-corrected chi connectivity index (χ0v) is 6.65. The monoisotopic (exact) mass is 165 g/mol. The summed E-state index contributed by atoms with van der Waals surface area (Å²) in [6.45, 7) is 2.75. The fourth-order valence-electron chi connectivity index (χ4n) is 1.20. The maximum atomic E-state index is 10.4. The molecule has 0 amide bonds. The van der Waals surface area contributed by atoms with Crippen molar-refractivity contribution in [3.63, 3.8) is 0 Å².